The number of rotatable bonds is 6. The fourth-order valence-electron chi connectivity index (χ4n) is 2.88. The lowest BCUT2D eigenvalue weighted by Gasteiger charge is -2.28. The average Bonchev–Trinajstić information content (AvgIpc) is 2.53. The van der Waals surface area contributed by atoms with E-state index in [0.717, 1.165) is 11.5 Å². The quantitative estimate of drug-likeness (QED) is 0.847. The molecule has 1 atom stereocenters. The number of nitrogens with one attached hydrogen (secondary N) is 1. The molecular formula is C17H27NO3. The van der Waals surface area contributed by atoms with Gasteiger partial charge in [0.15, 0.2) is 0 Å². The van der Waals surface area contributed by atoms with Crippen molar-refractivity contribution in [1.29, 1.82) is 0 Å². The van der Waals surface area contributed by atoms with Gasteiger partial charge in [-0.1, -0.05) is 6.92 Å². The highest BCUT2D eigenvalue weighted by Crippen LogP contribution is 2.27. The molecule has 118 valence electrons. The Bertz CT molecular complexity index is 419. The van der Waals surface area contributed by atoms with Crippen LogP contribution >= 0.6 is 0 Å². The third-order valence-corrected chi connectivity index (χ3v) is 4.37. The van der Waals surface area contributed by atoms with Gasteiger partial charge in [0.25, 0.3) is 0 Å². The molecule has 0 amide bonds. The van der Waals surface area contributed by atoms with Crippen LogP contribution in [-0.2, 0) is 0 Å². The van der Waals surface area contributed by atoms with Gasteiger partial charge in [0, 0.05) is 18.7 Å². The topological polar surface area (TPSA) is 50.7 Å². The lowest BCUT2D eigenvalue weighted by molar-refractivity contribution is 0.162. The van der Waals surface area contributed by atoms with Crippen LogP contribution in [0.15, 0.2) is 18.2 Å². The first-order valence-electron chi connectivity index (χ1n) is 7.76. The lowest BCUT2D eigenvalue weighted by atomic mass is 9.87. The minimum Gasteiger partial charge on any atom is -0.497 e. The summed E-state index contributed by atoms with van der Waals surface area (Å²) in [6, 6.07) is 6.06. The van der Waals surface area contributed by atoms with Crippen LogP contribution in [0.5, 0.6) is 11.5 Å². The zero-order chi connectivity index (χ0) is 15.2. The third kappa shape index (κ3) is 4.61. The van der Waals surface area contributed by atoms with E-state index in [2.05, 4.69) is 12.2 Å². The van der Waals surface area contributed by atoms with Gasteiger partial charge >= 0.3 is 0 Å². The van der Waals surface area contributed by atoms with Crippen molar-refractivity contribution in [3.8, 4) is 11.5 Å². The molecule has 2 N–H and O–H groups in total. The molecule has 0 aromatic heterocycles. The summed E-state index contributed by atoms with van der Waals surface area (Å²) >= 11 is 0. The van der Waals surface area contributed by atoms with E-state index in [1.165, 1.54) is 25.7 Å². The second kappa shape index (κ2) is 7.66. The van der Waals surface area contributed by atoms with E-state index in [1.807, 2.05) is 18.2 Å². The van der Waals surface area contributed by atoms with Gasteiger partial charge in [0.1, 0.15) is 11.5 Å². The van der Waals surface area contributed by atoms with Crippen LogP contribution in [0.1, 0.15) is 44.3 Å². The number of aliphatic hydroxyl groups is 1. The van der Waals surface area contributed by atoms with Crippen molar-refractivity contribution in [2.75, 3.05) is 20.8 Å². The minimum atomic E-state index is -0.548. The van der Waals surface area contributed by atoms with Gasteiger partial charge < -0.3 is 19.9 Å². The van der Waals surface area contributed by atoms with Gasteiger partial charge in [0.2, 0.25) is 0 Å². The Kier molecular flexibility index (Phi) is 5.88. The summed E-state index contributed by atoms with van der Waals surface area (Å²) in [5.41, 5.74) is 0.822. The first kappa shape index (κ1) is 16.1. The number of hydrogen-bond donors (Lipinski definition) is 2. The Morgan fingerprint density at radius 2 is 1.67 bits per heavy atom. The van der Waals surface area contributed by atoms with E-state index in [4.69, 9.17) is 9.47 Å². The van der Waals surface area contributed by atoms with E-state index < -0.39 is 6.10 Å². The molecule has 1 aliphatic carbocycles. The molecule has 1 aromatic carbocycles. The normalized spacial score (nSPS) is 23.6. The lowest BCUT2D eigenvalue weighted by Crippen LogP contribution is -2.35. The van der Waals surface area contributed by atoms with Crippen molar-refractivity contribution >= 4 is 0 Å². The van der Waals surface area contributed by atoms with Crippen molar-refractivity contribution in [1.82, 2.24) is 5.32 Å². The van der Waals surface area contributed by atoms with Crippen LogP contribution < -0.4 is 14.8 Å². The van der Waals surface area contributed by atoms with Crippen molar-refractivity contribution < 1.29 is 14.6 Å². The number of ether oxygens (including phenoxy) is 2. The Balaban J connectivity index is 1.92. The van der Waals surface area contributed by atoms with Gasteiger partial charge in [-0.2, -0.15) is 0 Å². The Hall–Kier alpha value is -1.26. The smallest absolute Gasteiger partial charge is 0.122 e. The first-order valence-corrected chi connectivity index (χ1v) is 7.76. The second-order valence-corrected chi connectivity index (χ2v) is 6.03. The second-order valence-electron chi connectivity index (χ2n) is 6.03. The van der Waals surface area contributed by atoms with E-state index >= 15 is 0 Å². The maximum absolute atomic E-state index is 10.4. The fraction of sp³-hybridized carbons (Fsp3) is 0.647. The summed E-state index contributed by atoms with van der Waals surface area (Å²) in [4.78, 5) is 0. The molecule has 0 saturated heterocycles. The van der Waals surface area contributed by atoms with E-state index in [9.17, 15) is 5.11 Å². The average molecular weight is 293 g/mol. The predicted molar refractivity (Wildman–Crippen MR) is 83.9 cm³/mol. The molecule has 1 aliphatic rings. The Labute approximate surface area is 127 Å². The Morgan fingerprint density at radius 1 is 1.10 bits per heavy atom. The molecule has 0 spiro atoms. The monoisotopic (exact) mass is 293 g/mol. The third-order valence-electron chi connectivity index (χ3n) is 4.37. The highest BCUT2D eigenvalue weighted by Gasteiger charge is 2.19. The maximum atomic E-state index is 10.4. The summed E-state index contributed by atoms with van der Waals surface area (Å²) in [5, 5.41) is 13.9. The molecule has 4 heteroatoms. The van der Waals surface area contributed by atoms with Gasteiger partial charge in [-0.05, 0) is 49.3 Å². The van der Waals surface area contributed by atoms with E-state index in [-0.39, 0.29) is 0 Å². The maximum Gasteiger partial charge on any atom is 0.122 e. The van der Waals surface area contributed by atoms with Crippen molar-refractivity contribution in [2.45, 2.75) is 44.8 Å². The largest absolute Gasteiger partial charge is 0.497 e. The van der Waals surface area contributed by atoms with Crippen LogP contribution in [-0.4, -0.2) is 31.9 Å². The zero-order valence-corrected chi connectivity index (χ0v) is 13.3. The molecule has 1 saturated carbocycles. The number of benzene rings is 1. The first-order chi connectivity index (χ1) is 10.1. The molecule has 0 aliphatic heterocycles. The van der Waals surface area contributed by atoms with E-state index in [1.54, 1.807) is 14.2 Å². The van der Waals surface area contributed by atoms with Crippen LogP contribution in [0.3, 0.4) is 0 Å². The summed E-state index contributed by atoms with van der Waals surface area (Å²) in [5.74, 6) is 2.25. The molecule has 0 bridgehead atoms. The van der Waals surface area contributed by atoms with Gasteiger partial charge in [-0.25, -0.2) is 0 Å². The molecular weight excluding hydrogens is 266 g/mol. The minimum absolute atomic E-state index is 0.531. The molecule has 1 aromatic rings. The number of aliphatic hydroxyl groups excluding tert-OH is 1. The highest BCUT2D eigenvalue weighted by molar-refractivity contribution is 5.39. The molecule has 4 nitrogen and oxygen atoms in total. The molecule has 1 fully saturated rings. The van der Waals surface area contributed by atoms with Gasteiger partial charge in [-0.3, -0.25) is 0 Å². The van der Waals surface area contributed by atoms with E-state index in [0.29, 0.717) is 24.1 Å². The number of methoxy groups -OCH3 is 2. The Morgan fingerprint density at radius 3 is 2.19 bits per heavy atom. The van der Waals surface area contributed by atoms with Crippen LogP contribution in [0.25, 0.3) is 0 Å². The summed E-state index contributed by atoms with van der Waals surface area (Å²) in [6.07, 6.45) is 4.42. The van der Waals surface area contributed by atoms with Crippen LogP contribution in [0, 0.1) is 5.92 Å². The fourth-order valence-corrected chi connectivity index (χ4v) is 2.88. The highest BCUT2D eigenvalue weighted by atomic mass is 16.5. The standard InChI is InChI=1S/C17H27NO3/c1-12-4-6-14(7-5-12)18-11-17(19)13-8-15(20-2)10-16(9-13)21-3/h8-10,12,14,17-19H,4-7,11H2,1-3H3. The number of hydrogen-bond acceptors (Lipinski definition) is 4. The van der Waals surface area contributed by atoms with Gasteiger partial charge in [-0.15, -0.1) is 0 Å². The van der Waals surface area contributed by atoms with Crippen LogP contribution in [0.2, 0.25) is 0 Å². The molecule has 2 rings (SSSR count). The predicted octanol–water partition coefficient (Wildman–Crippen LogP) is 2.91. The van der Waals surface area contributed by atoms with Gasteiger partial charge in [0.05, 0.1) is 20.3 Å². The summed E-state index contributed by atoms with van der Waals surface area (Å²) in [7, 11) is 3.23. The molecule has 0 heterocycles. The van der Waals surface area contributed by atoms with Crippen molar-refractivity contribution in [3.63, 3.8) is 0 Å². The van der Waals surface area contributed by atoms with Crippen molar-refractivity contribution in [2.24, 2.45) is 5.92 Å². The molecule has 0 radical (unpaired) electrons. The summed E-state index contributed by atoms with van der Waals surface area (Å²) < 4.78 is 10.5. The van der Waals surface area contributed by atoms with Crippen LogP contribution in [0.4, 0.5) is 0 Å². The zero-order valence-electron chi connectivity index (χ0n) is 13.3. The molecule has 1 unspecified atom stereocenters. The molecule has 21 heavy (non-hydrogen) atoms. The SMILES string of the molecule is COc1cc(OC)cc(C(O)CNC2CCC(C)CC2)c1. The van der Waals surface area contributed by atoms with Crippen molar-refractivity contribution in [3.05, 3.63) is 23.8 Å². The summed E-state index contributed by atoms with van der Waals surface area (Å²) in [6.45, 7) is 2.88.